The fraction of sp³-hybridized carbons (Fsp3) is 0.786. The summed E-state index contributed by atoms with van der Waals surface area (Å²) in [5.41, 5.74) is 0.127. The predicted molar refractivity (Wildman–Crippen MR) is 72.2 cm³/mol. The van der Waals surface area contributed by atoms with Crippen LogP contribution in [0.1, 0.15) is 44.9 Å². The third-order valence-corrected chi connectivity index (χ3v) is 4.05. The van der Waals surface area contributed by atoms with E-state index >= 15 is 0 Å². The topological polar surface area (TPSA) is 50.1 Å². The van der Waals surface area contributed by atoms with Gasteiger partial charge in [-0.2, -0.15) is 0 Å². The van der Waals surface area contributed by atoms with Gasteiger partial charge in [0.25, 0.3) is 0 Å². The SMILES string of the molecule is CCCn1ccnc1CNCC1(CO)CCCC1. The molecule has 0 unspecified atom stereocenters. The fourth-order valence-corrected chi connectivity index (χ4v) is 2.91. The van der Waals surface area contributed by atoms with E-state index in [4.69, 9.17) is 0 Å². The molecule has 2 rings (SSSR count). The van der Waals surface area contributed by atoms with Crippen LogP contribution in [0.3, 0.4) is 0 Å². The Morgan fingerprint density at radius 1 is 1.44 bits per heavy atom. The van der Waals surface area contributed by atoms with Crippen LogP contribution in [-0.4, -0.2) is 27.8 Å². The molecule has 1 fully saturated rings. The van der Waals surface area contributed by atoms with Crippen LogP contribution in [0.2, 0.25) is 0 Å². The van der Waals surface area contributed by atoms with Gasteiger partial charge in [0.1, 0.15) is 5.82 Å². The average molecular weight is 251 g/mol. The molecule has 0 amide bonds. The Labute approximate surface area is 109 Å². The van der Waals surface area contributed by atoms with Crippen molar-refractivity contribution in [1.29, 1.82) is 0 Å². The summed E-state index contributed by atoms with van der Waals surface area (Å²) in [5, 5.41) is 13.0. The van der Waals surface area contributed by atoms with Crippen molar-refractivity contribution < 1.29 is 5.11 Å². The summed E-state index contributed by atoms with van der Waals surface area (Å²) >= 11 is 0. The number of aliphatic hydroxyl groups is 1. The number of hydrogen-bond acceptors (Lipinski definition) is 3. The van der Waals surface area contributed by atoms with Crippen molar-refractivity contribution in [3.05, 3.63) is 18.2 Å². The molecule has 4 nitrogen and oxygen atoms in total. The molecule has 0 saturated heterocycles. The first kappa shape index (κ1) is 13.6. The third-order valence-electron chi connectivity index (χ3n) is 4.05. The maximum absolute atomic E-state index is 9.55. The second kappa shape index (κ2) is 6.34. The summed E-state index contributed by atoms with van der Waals surface area (Å²) in [7, 11) is 0. The maximum atomic E-state index is 9.55. The first-order chi connectivity index (χ1) is 8.79. The largest absolute Gasteiger partial charge is 0.396 e. The van der Waals surface area contributed by atoms with Gasteiger partial charge in [0.2, 0.25) is 0 Å². The van der Waals surface area contributed by atoms with Crippen LogP contribution in [0.5, 0.6) is 0 Å². The van der Waals surface area contributed by atoms with Crippen LogP contribution in [0.4, 0.5) is 0 Å². The van der Waals surface area contributed by atoms with Crippen molar-refractivity contribution in [2.75, 3.05) is 13.2 Å². The lowest BCUT2D eigenvalue weighted by Gasteiger charge is -2.26. The molecule has 2 N–H and O–H groups in total. The molecule has 1 aromatic heterocycles. The number of aromatic nitrogens is 2. The number of aryl methyl sites for hydroxylation is 1. The van der Waals surface area contributed by atoms with Crippen LogP contribution in [0.15, 0.2) is 12.4 Å². The summed E-state index contributed by atoms with van der Waals surface area (Å²) in [6.07, 6.45) is 9.85. The van der Waals surface area contributed by atoms with Gasteiger partial charge in [0.05, 0.1) is 6.54 Å². The molecule has 1 aliphatic carbocycles. The predicted octanol–water partition coefficient (Wildman–Crippen LogP) is 1.94. The van der Waals surface area contributed by atoms with E-state index in [2.05, 4.69) is 21.8 Å². The minimum Gasteiger partial charge on any atom is -0.396 e. The van der Waals surface area contributed by atoms with Gasteiger partial charge in [-0.15, -0.1) is 0 Å². The van der Waals surface area contributed by atoms with Crippen molar-refractivity contribution >= 4 is 0 Å². The molecule has 1 aromatic rings. The van der Waals surface area contributed by atoms with Gasteiger partial charge in [-0.05, 0) is 19.3 Å². The van der Waals surface area contributed by atoms with E-state index in [9.17, 15) is 5.11 Å². The molecule has 0 spiro atoms. The lowest BCUT2D eigenvalue weighted by molar-refractivity contribution is 0.127. The highest BCUT2D eigenvalue weighted by Gasteiger charge is 2.32. The van der Waals surface area contributed by atoms with Gasteiger partial charge in [0, 0.05) is 37.5 Å². The van der Waals surface area contributed by atoms with Crippen LogP contribution < -0.4 is 5.32 Å². The lowest BCUT2D eigenvalue weighted by Crippen LogP contribution is -2.35. The second-order valence-corrected chi connectivity index (χ2v) is 5.51. The van der Waals surface area contributed by atoms with Gasteiger partial charge < -0.3 is 15.0 Å². The van der Waals surface area contributed by atoms with Gasteiger partial charge >= 0.3 is 0 Å². The van der Waals surface area contributed by atoms with Crippen LogP contribution in [0, 0.1) is 5.41 Å². The highest BCUT2D eigenvalue weighted by molar-refractivity contribution is 4.93. The molecule has 0 atom stereocenters. The minimum absolute atomic E-state index is 0.127. The molecule has 4 heteroatoms. The van der Waals surface area contributed by atoms with E-state index in [1.54, 1.807) is 0 Å². The van der Waals surface area contributed by atoms with E-state index in [1.165, 1.54) is 12.8 Å². The zero-order chi connectivity index (χ0) is 12.8. The highest BCUT2D eigenvalue weighted by Crippen LogP contribution is 2.36. The molecule has 18 heavy (non-hydrogen) atoms. The Morgan fingerprint density at radius 2 is 2.22 bits per heavy atom. The van der Waals surface area contributed by atoms with Gasteiger partial charge in [0.15, 0.2) is 0 Å². The number of hydrogen-bond donors (Lipinski definition) is 2. The molecule has 0 aliphatic heterocycles. The summed E-state index contributed by atoms with van der Waals surface area (Å²) in [5.74, 6) is 1.10. The summed E-state index contributed by atoms with van der Waals surface area (Å²) in [6.45, 7) is 5.22. The molecular weight excluding hydrogens is 226 g/mol. The van der Waals surface area contributed by atoms with Crippen molar-refractivity contribution in [3.63, 3.8) is 0 Å². The van der Waals surface area contributed by atoms with E-state index in [-0.39, 0.29) is 5.41 Å². The zero-order valence-electron chi connectivity index (χ0n) is 11.4. The molecule has 0 aromatic carbocycles. The Bertz CT molecular complexity index is 356. The third kappa shape index (κ3) is 3.12. The van der Waals surface area contributed by atoms with E-state index in [0.29, 0.717) is 6.61 Å². The fourth-order valence-electron chi connectivity index (χ4n) is 2.91. The number of nitrogens with zero attached hydrogens (tertiary/aromatic N) is 2. The van der Waals surface area contributed by atoms with Crippen molar-refractivity contribution in [3.8, 4) is 0 Å². The summed E-state index contributed by atoms with van der Waals surface area (Å²) in [6, 6.07) is 0. The van der Waals surface area contributed by atoms with Crippen molar-refractivity contribution in [2.24, 2.45) is 5.41 Å². The lowest BCUT2D eigenvalue weighted by atomic mass is 9.87. The normalized spacial score (nSPS) is 18.3. The smallest absolute Gasteiger partial charge is 0.122 e. The van der Waals surface area contributed by atoms with E-state index < -0.39 is 0 Å². The minimum atomic E-state index is 0.127. The number of rotatable bonds is 7. The zero-order valence-corrected chi connectivity index (χ0v) is 11.4. The molecule has 1 heterocycles. The quantitative estimate of drug-likeness (QED) is 0.778. The van der Waals surface area contributed by atoms with Gasteiger partial charge in [-0.1, -0.05) is 19.8 Å². The second-order valence-electron chi connectivity index (χ2n) is 5.51. The van der Waals surface area contributed by atoms with Crippen LogP contribution >= 0.6 is 0 Å². The van der Waals surface area contributed by atoms with E-state index in [1.807, 2.05) is 12.4 Å². The van der Waals surface area contributed by atoms with Gasteiger partial charge in [-0.3, -0.25) is 0 Å². The number of aliphatic hydroxyl groups excluding tert-OH is 1. The van der Waals surface area contributed by atoms with E-state index in [0.717, 1.165) is 44.7 Å². The highest BCUT2D eigenvalue weighted by atomic mass is 16.3. The van der Waals surface area contributed by atoms with Crippen molar-refractivity contribution in [2.45, 2.75) is 52.1 Å². The van der Waals surface area contributed by atoms with Crippen LogP contribution in [-0.2, 0) is 13.1 Å². The standard InChI is InChI=1S/C14H25N3O/c1-2-8-17-9-7-16-13(17)10-15-11-14(12-18)5-3-4-6-14/h7,9,15,18H,2-6,8,10-12H2,1H3. The first-order valence-electron chi connectivity index (χ1n) is 7.11. The van der Waals surface area contributed by atoms with Crippen molar-refractivity contribution in [1.82, 2.24) is 14.9 Å². The maximum Gasteiger partial charge on any atom is 0.122 e. The molecule has 102 valence electrons. The average Bonchev–Trinajstić information content (AvgIpc) is 3.01. The number of nitrogens with one attached hydrogen (secondary N) is 1. The Hall–Kier alpha value is -0.870. The Morgan fingerprint density at radius 3 is 2.89 bits per heavy atom. The first-order valence-corrected chi connectivity index (χ1v) is 7.11. The molecule has 0 radical (unpaired) electrons. The molecule has 1 aliphatic rings. The summed E-state index contributed by atoms with van der Waals surface area (Å²) < 4.78 is 2.20. The number of imidazole rings is 1. The monoisotopic (exact) mass is 251 g/mol. The van der Waals surface area contributed by atoms with Gasteiger partial charge in [-0.25, -0.2) is 4.98 Å². The summed E-state index contributed by atoms with van der Waals surface area (Å²) in [4.78, 5) is 4.39. The Kier molecular flexibility index (Phi) is 4.78. The molecule has 0 bridgehead atoms. The molecular formula is C14H25N3O. The van der Waals surface area contributed by atoms with Crippen LogP contribution in [0.25, 0.3) is 0 Å². The molecule has 1 saturated carbocycles. The Balaban J connectivity index is 1.82.